The highest BCUT2D eigenvalue weighted by Gasteiger charge is 2.08. The van der Waals surface area contributed by atoms with Gasteiger partial charge in [-0.05, 0) is 29.8 Å². The Balaban J connectivity index is 1.76. The molecule has 0 atom stereocenters. The van der Waals surface area contributed by atoms with Gasteiger partial charge in [0.2, 0.25) is 0 Å². The molecule has 2 rings (SSSR count). The highest BCUT2D eigenvalue weighted by molar-refractivity contribution is 5.98. The molecule has 0 spiro atoms. The van der Waals surface area contributed by atoms with E-state index in [0.717, 1.165) is 17.7 Å². The zero-order valence-electron chi connectivity index (χ0n) is 15.6. The summed E-state index contributed by atoms with van der Waals surface area (Å²) < 4.78 is 15.9. The van der Waals surface area contributed by atoms with Crippen molar-refractivity contribution in [3.8, 4) is 5.75 Å². The first-order valence-electron chi connectivity index (χ1n) is 8.86. The summed E-state index contributed by atoms with van der Waals surface area (Å²) in [5.74, 6) is 0.780. The molecule has 0 aliphatic carbocycles. The Morgan fingerprint density at radius 2 is 1.59 bits per heavy atom. The Hall–Kier alpha value is -2.70. The lowest BCUT2D eigenvalue weighted by Crippen LogP contribution is -2.11. The zero-order chi connectivity index (χ0) is 19.5. The van der Waals surface area contributed by atoms with Crippen LogP contribution in [0.3, 0.4) is 0 Å². The molecule has 0 radical (unpaired) electrons. The van der Waals surface area contributed by atoms with Gasteiger partial charge in [0.05, 0.1) is 19.8 Å². The minimum atomic E-state index is 0.0185. The Morgan fingerprint density at radius 1 is 0.926 bits per heavy atom. The van der Waals surface area contributed by atoms with E-state index in [2.05, 4.69) is 0 Å². The second kappa shape index (κ2) is 11.1. The minimum absolute atomic E-state index is 0.0185. The molecule has 0 fully saturated rings. The van der Waals surface area contributed by atoms with Crippen LogP contribution in [0.25, 0.3) is 0 Å². The first kappa shape index (κ1) is 20.6. The third-order valence-corrected chi connectivity index (χ3v) is 3.94. The number of carbonyl (C=O) groups is 1. The average molecular weight is 370 g/mol. The molecule has 0 amide bonds. The second-order valence-corrected chi connectivity index (χ2v) is 6.04. The molecular weight excluding hydrogens is 344 g/mol. The van der Waals surface area contributed by atoms with Gasteiger partial charge in [0.15, 0.2) is 5.78 Å². The van der Waals surface area contributed by atoms with E-state index in [1.807, 2.05) is 12.1 Å². The number of nitrogens with one attached hydrogen (secondary N) is 1. The third kappa shape index (κ3) is 7.21. The predicted octanol–water partition coefficient (Wildman–Crippen LogP) is 2.83. The lowest BCUT2D eigenvalue weighted by atomic mass is 10.0. The summed E-state index contributed by atoms with van der Waals surface area (Å²) in [5.41, 5.74) is 7.61. The fraction of sp³-hybridized carbons (Fsp3) is 0.333. The number of benzene rings is 2. The number of ketones is 1. The van der Waals surface area contributed by atoms with Crippen molar-refractivity contribution >= 4 is 11.6 Å². The lowest BCUT2D eigenvalue weighted by Gasteiger charge is -2.08. The van der Waals surface area contributed by atoms with Crippen molar-refractivity contribution in [2.24, 2.45) is 5.73 Å². The van der Waals surface area contributed by atoms with Crippen LogP contribution in [0.15, 0.2) is 48.5 Å². The van der Waals surface area contributed by atoms with E-state index in [9.17, 15) is 4.79 Å². The fourth-order valence-corrected chi connectivity index (χ4v) is 2.42. The summed E-state index contributed by atoms with van der Waals surface area (Å²) in [5, 5.41) is 7.39. The molecule has 6 nitrogen and oxygen atoms in total. The van der Waals surface area contributed by atoms with Gasteiger partial charge >= 0.3 is 0 Å². The van der Waals surface area contributed by atoms with Gasteiger partial charge in [-0.25, -0.2) is 0 Å². The topological polar surface area (TPSA) is 94.6 Å². The molecule has 27 heavy (non-hydrogen) atoms. The van der Waals surface area contributed by atoms with E-state index in [1.54, 1.807) is 43.5 Å². The van der Waals surface area contributed by atoms with Gasteiger partial charge in [0.1, 0.15) is 11.6 Å². The van der Waals surface area contributed by atoms with Crippen molar-refractivity contribution < 1.29 is 19.0 Å². The lowest BCUT2D eigenvalue weighted by molar-refractivity contribution is 0.0644. The molecule has 2 aromatic carbocycles. The van der Waals surface area contributed by atoms with Gasteiger partial charge in [0, 0.05) is 37.7 Å². The van der Waals surface area contributed by atoms with E-state index in [-0.39, 0.29) is 11.6 Å². The number of ether oxygens (including phenoxy) is 3. The Morgan fingerprint density at radius 3 is 2.22 bits per heavy atom. The summed E-state index contributed by atoms with van der Waals surface area (Å²) in [4.78, 5) is 12.4. The molecule has 0 aromatic heterocycles. The van der Waals surface area contributed by atoms with Gasteiger partial charge in [-0.2, -0.15) is 0 Å². The normalized spacial score (nSPS) is 10.6. The van der Waals surface area contributed by atoms with Crippen LogP contribution in [-0.2, 0) is 15.9 Å². The largest absolute Gasteiger partial charge is 0.494 e. The van der Waals surface area contributed by atoms with Crippen molar-refractivity contribution in [2.45, 2.75) is 12.8 Å². The molecule has 3 N–H and O–H groups in total. The van der Waals surface area contributed by atoms with Crippen LogP contribution in [0.1, 0.15) is 27.9 Å². The van der Waals surface area contributed by atoms with E-state index in [0.29, 0.717) is 44.0 Å². The maximum atomic E-state index is 12.4. The van der Waals surface area contributed by atoms with Gasteiger partial charge in [-0.15, -0.1) is 0 Å². The molecule has 0 heterocycles. The SMILES string of the molecule is COCCOCCCOc1ccc(C(=O)Cc2ccc(C(=N)N)cc2)cc1. The molecule has 0 aliphatic heterocycles. The van der Waals surface area contributed by atoms with Crippen LogP contribution in [0.4, 0.5) is 0 Å². The first-order valence-corrected chi connectivity index (χ1v) is 8.86. The smallest absolute Gasteiger partial charge is 0.167 e. The number of nitrogens with two attached hydrogens (primary N) is 1. The number of Topliss-reactive ketones (excluding diaryl/α,β-unsaturated/α-hetero) is 1. The van der Waals surface area contributed by atoms with Crippen LogP contribution in [0.5, 0.6) is 5.75 Å². The highest BCUT2D eigenvalue weighted by atomic mass is 16.5. The monoisotopic (exact) mass is 370 g/mol. The molecule has 0 bridgehead atoms. The number of methoxy groups -OCH3 is 1. The Bertz CT molecular complexity index is 727. The number of hydrogen-bond acceptors (Lipinski definition) is 5. The molecule has 0 aliphatic rings. The molecule has 144 valence electrons. The van der Waals surface area contributed by atoms with Crippen molar-refractivity contribution in [2.75, 3.05) is 33.5 Å². The fourth-order valence-electron chi connectivity index (χ4n) is 2.42. The highest BCUT2D eigenvalue weighted by Crippen LogP contribution is 2.15. The van der Waals surface area contributed by atoms with E-state index >= 15 is 0 Å². The number of amidine groups is 1. The standard InChI is InChI=1S/C21H26N2O4/c1-25-13-14-26-11-2-12-27-19-9-7-17(8-10-19)20(24)15-16-3-5-18(6-4-16)21(22)23/h3-10H,2,11-15H2,1H3,(H3,22,23). The van der Waals surface area contributed by atoms with Crippen molar-refractivity contribution in [3.63, 3.8) is 0 Å². The molecule has 0 saturated carbocycles. The number of carbonyl (C=O) groups excluding carboxylic acids is 1. The van der Waals surface area contributed by atoms with Crippen molar-refractivity contribution in [3.05, 3.63) is 65.2 Å². The van der Waals surface area contributed by atoms with Gasteiger partial charge in [0.25, 0.3) is 0 Å². The maximum absolute atomic E-state index is 12.4. The van der Waals surface area contributed by atoms with E-state index < -0.39 is 0 Å². The number of hydrogen-bond donors (Lipinski definition) is 2. The van der Waals surface area contributed by atoms with Gasteiger partial charge in [-0.1, -0.05) is 24.3 Å². The second-order valence-electron chi connectivity index (χ2n) is 6.04. The van der Waals surface area contributed by atoms with Gasteiger partial charge < -0.3 is 19.9 Å². The predicted molar refractivity (Wildman–Crippen MR) is 105 cm³/mol. The summed E-state index contributed by atoms with van der Waals surface area (Å²) in [6.07, 6.45) is 1.10. The van der Waals surface area contributed by atoms with Crippen LogP contribution >= 0.6 is 0 Å². The molecule has 2 aromatic rings. The van der Waals surface area contributed by atoms with Crippen molar-refractivity contribution in [1.82, 2.24) is 0 Å². The van der Waals surface area contributed by atoms with Crippen LogP contribution in [0.2, 0.25) is 0 Å². The summed E-state index contributed by atoms with van der Waals surface area (Å²) >= 11 is 0. The van der Waals surface area contributed by atoms with Gasteiger partial charge in [-0.3, -0.25) is 10.2 Å². The maximum Gasteiger partial charge on any atom is 0.167 e. The van der Waals surface area contributed by atoms with Crippen LogP contribution in [-0.4, -0.2) is 45.2 Å². The molecular formula is C21H26N2O4. The van der Waals surface area contributed by atoms with Crippen LogP contribution < -0.4 is 10.5 Å². The number of rotatable bonds is 12. The molecule has 0 saturated heterocycles. The Kier molecular flexibility index (Phi) is 8.48. The zero-order valence-corrected chi connectivity index (χ0v) is 15.6. The van der Waals surface area contributed by atoms with Crippen LogP contribution in [0, 0.1) is 5.41 Å². The summed E-state index contributed by atoms with van der Waals surface area (Å²) in [6, 6.07) is 14.3. The first-order chi connectivity index (χ1) is 13.1. The summed E-state index contributed by atoms with van der Waals surface area (Å²) in [7, 11) is 1.64. The molecule has 0 unspecified atom stereocenters. The number of nitrogen functional groups attached to an aromatic ring is 1. The minimum Gasteiger partial charge on any atom is -0.494 e. The summed E-state index contributed by atoms with van der Waals surface area (Å²) in [6.45, 7) is 2.37. The quantitative estimate of drug-likeness (QED) is 0.259. The third-order valence-electron chi connectivity index (χ3n) is 3.94. The average Bonchev–Trinajstić information content (AvgIpc) is 2.68. The Labute approximate surface area is 159 Å². The van der Waals surface area contributed by atoms with E-state index in [4.69, 9.17) is 25.4 Å². The van der Waals surface area contributed by atoms with Crippen molar-refractivity contribution in [1.29, 1.82) is 5.41 Å². The molecule has 6 heteroatoms. The van der Waals surface area contributed by atoms with E-state index in [1.165, 1.54) is 0 Å².